The van der Waals surface area contributed by atoms with E-state index in [-0.39, 0.29) is 49.9 Å². The van der Waals surface area contributed by atoms with Gasteiger partial charge in [0.05, 0.1) is 52.9 Å². The van der Waals surface area contributed by atoms with E-state index in [1.165, 1.54) is 32.5 Å². The SMILES string of the molecule is COc1cc(C(=O)NS(C)(=O)=O)c(F)cc1-c1cnc(F)c(Cl)c1.COc1cc(C(=O)NS(C)(=O)=O)c(F)cc1-c1cnc(Oc2cc(C)ccc2Cl)c(Cl)c1.Cc1ccc(Cl)c(O)c1. The van der Waals surface area contributed by atoms with Crippen molar-refractivity contribution in [1.29, 1.82) is 0 Å². The van der Waals surface area contributed by atoms with E-state index in [2.05, 4.69) is 9.97 Å². The number of aromatic nitrogens is 2. The number of nitrogens with zero attached hydrogens (tertiary/aromatic N) is 2. The van der Waals surface area contributed by atoms with Crippen LogP contribution in [0.4, 0.5) is 13.2 Å². The predicted molar refractivity (Wildman–Crippen MR) is 241 cm³/mol. The van der Waals surface area contributed by atoms with E-state index in [4.69, 9.17) is 65.7 Å². The molecule has 23 heteroatoms. The summed E-state index contributed by atoms with van der Waals surface area (Å²) in [5, 5.41) is 9.61. The van der Waals surface area contributed by atoms with E-state index in [1.54, 1.807) is 33.7 Å². The second-order valence-electron chi connectivity index (χ2n) is 13.5. The van der Waals surface area contributed by atoms with Gasteiger partial charge in [-0.05, 0) is 85.6 Å². The summed E-state index contributed by atoms with van der Waals surface area (Å²) in [5.41, 5.74) is 1.96. The third-order valence-electron chi connectivity index (χ3n) is 8.24. The molecule has 0 spiro atoms. The first-order chi connectivity index (χ1) is 30.3. The van der Waals surface area contributed by atoms with Crippen molar-refractivity contribution in [3.05, 3.63) is 145 Å². The van der Waals surface area contributed by atoms with Crippen molar-refractivity contribution < 1.29 is 58.9 Å². The van der Waals surface area contributed by atoms with E-state index >= 15 is 0 Å². The minimum absolute atomic E-state index is 0.0551. The number of ether oxygens (including phenoxy) is 3. The number of aryl methyl sites for hydroxylation is 2. The summed E-state index contributed by atoms with van der Waals surface area (Å²) in [6, 6.07) is 17.2. The summed E-state index contributed by atoms with van der Waals surface area (Å²) in [6.07, 6.45) is 4.06. The fraction of sp³-hybridized carbons (Fsp3) is 0.143. The van der Waals surface area contributed by atoms with Crippen LogP contribution >= 0.6 is 46.4 Å². The van der Waals surface area contributed by atoms with Crippen molar-refractivity contribution in [1.82, 2.24) is 19.4 Å². The number of phenolic OH excluding ortho intramolecular Hbond substituents is 1. The number of halogens is 7. The van der Waals surface area contributed by atoms with Gasteiger partial charge in [0.2, 0.25) is 31.9 Å². The fourth-order valence-electron chi connectivity index (χ4n) is 5.32. The van der Waals surface area contributed by atoms with Crippen LogP contribution in [0.1, 0.15) is 31.8 Å². The highest BCUT2D eigenvalue weighted by atomic mass is 35.5. The van der Waals surface area contributed by atoms with Crippen molar-refractivity contribution in [2.75, 3.05) is 26.7 Å². The molecule has 0 atom stereocenters. The Balaban J connectivity index is 0.000000245. The third-order valence-corrected chi connectivity index (χ3v) is 10.5. The second kappa shape index (κ2) is 21.9. The number of carbonyl (C=O) groups excluding carboxylic acids is 2. The number of phenols is 1. The Kier molecular flexibility index (Phi) is 17.5. The highest BCUT2D eigenvalue weighted by Gasteiger charge is 2.22. The summed E-state index contributed by atoms with van der Waals surface area (Å²) < 4.78 is 106. The average Bonchev–Trinajstić information content (AvgIpc) is 3.21. The number of benzene rings is 4. The molecule has 0 saturated heterocycles. The molecule has 4 aromatic carbocycles. The number of rotatable bonds is 10. The van der Waals surface area contributed by atoms with Gasteiger partial charge >= 0.3 is 0 Å². The van der Waals surface area contributed by atoms with Crippen LogP contribution < -0.4 is 23.7 Å². The smallest absolute Gasteiger partial charge is 0.267 e. The van der Waals surface area contributed by atoms with E-state index in [0.717, 1.165) is 54.1 Å². The maximum Gasteiger partial charge on any atom is 0.267 e. The molecule has 0 bridgehead atoms. The molecule has 0 radical (unpaired) electrons. The number of nitrogens with one attached hydrogen (secondary N) is 2. The van der Waals surface area contributed by atoms with Crippen LogP contribution in [0.25, 0.3) is 22.3 Å². The van der Waals surface area contributed by atoms with E-state index < -0.39 is 60.6 Å². The number of hydrogen-bond acceptors (Lipinski definition) is 12. The minimum atomic E-state index is -3.87. The topological polar surface area (TPSA) is 200 Å². The normalized spacial score (nSPS) is 11.0. The van der Waals surface area contributed by atoms with Gasteiger partial charge in [0, 0.05) is 34.6 Å². The molecule has 0 fully saturated rings. The van der Waals surface area contributed by atoms with Crippen molar-refractivity contribution in [2.45, 2.75) is 13.8 Å². The molecule has 344 valence electrons. The van der Waals surface area contributed by atoms with Crippen molar-refractivity contribution in [3.63, 3.8) is 0 Å². The molecule has 6 aromatic rings. The number of amides is 2. The molecule has 2 aromatic heterocycles. The second-order valence-corrected chi connectivity index (χ2v) is 18.6. The molecule has 0 aliphatic heterocycles. The molecular formula is C42H35Cl4F3N4O10S2. The van der Waals surface area contributed by atoms with Crippen LogP contribution in [0.3, 0.4) is 0 Å². The van der Waals surface area contributed by atoms with Crippen LogP contribution in [0, 0.1) is 31.4 Å². The van der Waals surface area contributed by atoms with Crippen LogP contribution in [0.2, 0.25) is 20.1 Å². The molecule has 65 heavy (non-hydrogen) atoms. The van der Waals surface area contributed by atoms with E-state index in [0.29, 0.717) is 21.4 Å². The maximum absolute atomic E-state index is 14.6. The summed E-state index contributed by atoms with van der Waals surface area (Å²) in [4.78, 5) is 31.5. The maximum atomic E-state index is 14.6. The monoisotopic (exact) mass is 1020 g/mol. The third kappa shape index (κ3) is 14.6. The molecule has 0 saturated carbocycles. The predicted octanol–water partition coefficient (Wildman–Crippen LogP) is 9.73. The van der Waals surface area contributed by atoms with Crippen LogP contribution in [-0.2, 0) is 20.0 Å². The Morgan fingerprint density at radius 2 is 1.05 bits per heavy atom. The summed E-state index contributed by atoms with van der Waals surface area (Å²) in [5.74, 6) is -4.32. The summed E-state index contributed by atoms with van der Waals surface area (Å²) in [7, 11) is -5.13. The fourth-order valence-corrected chi connectivity index (χ4v) is 6.86. The highest BCUT2D eigenvalue weighted by Crippen LogP contribution is 2.38. The first-order valence-electron chi connectivity index (χ1n) is 18.0. The first-order valence-corrected chi connectivity index (χ1v) is 23.3. The molecule has 2 heterocycles. The highest BCUT2D eigenvalue weighted by molar-refractivity contribution is 7.89. The zero-order chi connectivity index (χ0) is 48.6. The molecule has 3 N–H and O–H groups in total. The van der Waals surface area contributed by atoms with E-state index in [1.807, 2.05) is 26.0 Å². The Labute approximate surface area is 391 Å². The summed E-state index contributed by atoms with van der Waals surface area (Å²) >= 11 is 23.6. The number of sulfonamides is 2. The molecular weight excluding hydrogens is 983 g/mol. The average molecular weight is 1020 g/mol. The van der Waals surface area contributed by atoms with Gasteiger partial charge in [0.15, 0.2) is 0 Å². The molecule has 6 rings (SSSR count). The van der Waals surface area contributed by atoms with Gasteiger partial charge < -0.3 is 19.3 Å². The number of methoxy groups -OCH3 is 2. The van der Waals surface area contributed by atoms with Crippen molar-refractivity contribution in [3.8, 4) is 51.1 Å². The Bertz CT molecular complexity index is 3020. The molecule has 0 aliphatic carbocycles. The van der Waals surface area contributed by atoms with Gasteiger partial charge in [-0.15, -0.1) is 0 Å². The van der Waals surface area contributed by atoms with Gasteiger partial charge in [0.25, 0.3) is 11.8 Å². The van der Waals surface area contributed by atoms with Crippen molar-refractivity contribution >= 4 is 78.3 Å². The van der Waals surface area contributed by atoms with Gasteiger partial charge in [-0.1, -0.05) is 58.5 Å². The molecule has 14 nitrogen and oxygen atoms in total. The number of hydrogen-bond donors (Lipinski definition) is 3. The van der Waals surface area contributed by atoms with Gasteiger partial charge in [-0.25, -0.2) is 45.0 Å². The van der Waals surface area contributed by atoms with Gasteiger partial charge in [-0.2, -0.15) is 4.39 Å². The number of carbonyl (C=O) groups is 2. The lowest BCUT2D eigenvalue weighted by Gasteiger charge is -2.13. The molecule has 2 amide bonds. The lowest BCUT2D eigenvalue weighted by atomic mass is 10.0. The Morgan fingerprint density at radius 1 is 0.600 bits per heavy atom. The number of aromatic hydroxyl groups is 1. The van der Waals surface area contributed by atoms with Gasteiger partial charge in [-0.3, -0.25) is 9.59 Å². The standard InChI is InChI=1S/C21H17Cl2FN2O5S.C14H11ClF2N2O4S.C7H7ClO/c1-11-4-5-15(22)19(6-11)31-21-16(23)7-12(10-25-21)13-8-17(24)14(9-18(13)30-2)20(27)26-32(3,28)29;1-23-12-5-9(14(20)19-24(2,21)22)11(16)4-8(12)7-3-10(15)13(17)18-6-7;1-5-2-3-6(8)7(9)4-5/h4-10H,1-3H3,(H,26,27);3-6H,1-2H3,(H,19,20);2-4,9H,1H3. The minimum Gasteiger partial charge on any atom is -0.506 e. The zero-order valence-electron chi connectivity index (χ0n) is 34.6. The van der Waals surface area contributed by atoms with Crippen LogP contribution in [0.15, 0.2) is 85.2 Å². The largest absolute Gasteiger partial charge is 0.506 e. The van der Waals surface area contributed by atoms with Gasteiger partial charge in [0.1, 0.15) is 39.7 Å². The van der Waals surface area contributed by atoms with Crippen molar-refractivity contribution in [2.24, 2.45) is 0 Å². The molecule has 0 unspecified atom stereocenters. The Hall–Kier alpha value is -5.83. The van der Waals surface area contributed by atoms with Crippen LogP contribution in [0.5, 0.6) is 28.9 Å². The summed E-state index contributed by atoms with van der Waals surface area (Å²) in [6.45, 7) is 3.78. The quantitative estimate of drug-likeness (QED) is 0.110. The number of pyridine rings is 2. The van der Waals surface area contributed by atoms with Crippen LogP contribution in [-0.4, -0.2) is 70.5 Å². The first kappa shape index (κ1) is 51.8. The zero-order valence-corrected chi connectivity index (χ0v) is 39.2. The lowest BCUT2D eigenvalue weighted by Crippen LogP contribution is -2.30. The lowest BCUT2D eigenvalue weighted by molar-refractivity contribution is 0.0968. The molecule has 0 aliphatic rings. The van der Waals surface area contributed by atoms with E-state index in [9.17, 15) is 39.6 Å². The Morgan fingerprint density at radius 3 is 1.46 bits per heavy atom.